The van der Waals surface area contributed by atoms with E-state index < -0.39 is 0 Å². The molecule has 0 atom stereocenters. The zero-order valence-corrected chi connectivity index (χ0v) is 9.48. The predicted octanol–water partition coefficient (Wildman–Crippen LogP) is 3.69. The van der Waals surface area contributed by atoms with Gasteiger partial charge in [0.05, 0.1) is 0 Å². The number of nitrogens with zero attached hydrogens (tertiary/aromatic N) is 1. The third-order valence-corrected chi connectivity index (χ3v) is 3.06. The van der Waals surface area contributed by atoms with Gasteiger partial charge in [0, 0.05) is 22.9 Å². The van der Waals surface area contributed by atoms with Crippen LogP contribution in [-0.2, 0) is 5.41 Å². The lowest BCUT2D eigenvalue weighted by Crippen LogP contribution is -2.11. The van der Waals surface area contributed by atoms with Crippen LogP contribution in [0.15, 0.2) is 27.5 Å². The van der Waals surface area contributed by atoms with Crippen LogP contribution < -0.4 is 0 Å². The first-order valence-electron chi connectivity index (χ1n) is 4.68. The summed E-state index contributed by atoms with van der Waals surface area (Å²) < 4.78 is 4.02. The fourth-order valence-electron chi connectivity index (χ4n) is 1.38. The van der Waals surface area contributed by atoms with Crippen molar-refractivity contribution in [2.45, 2.75) is 31.1 Å². The molecule has 0 amide bonds. The molecule has 0 aliphatic carbocycles. The van der Waals surface area contributed by atoms with Crippen molar-refractivity contribution >= 4 is 23.9 Å². The minimum atomic E-state index is 0.210. The van der Waals surface area contributed by atoms with Crippen LogP contribution in [0.4, 0.5) is 0 Å². The fourth-order valence-corrected chi connectivity index (χ4v) is 1.94. The van der Waals surface area contributed by atoms with E-state index in [4.69, 9.17) is 0 Å². The first-order chi connectivity index (χ1) is 6.57. The molecule has 2 heteroatoms. The van der Waals surface area contributed by atoms with Gasteiger partial charge in [-0.15, -0.1) is 0 Å². The number of hydrogen-bond donors (Lipinski definition) is 0. The molecule has 0 fully saturated rings. The summed E-state index contributed by atoms with van der Waals surface area (Å²) in [5.74, 6) is 2.88. The Morgan fingerprint density at radius 3 is 2.79 bits per heavy atom. The van der Waals surface area contributed by atoms with Crippen molar-refractivity contribution < 1.29 is 0 Å². The highest BCUT2D eigenvalue weighted by molar-refractivity contribution is 7.98. The van der Waals surface area contributed by atoms with Crippen LogP contribution in [0.25, 0.3) is 6.08 Å². The molecule has 1 aromatic rings. The van der Waals surface area contributed by atoms with Gasteiger partial charge in [-0.1, -0.05) is 26.8 Å². The van der Waals surface area contributed by atoms with Gasteiger partial charge >= 0.3 is 0 Å². The average Bonchev–Trinajstić information content (AvgIpc) is 2.16. The van der Waals surface area contributed by atoms with Crippen LogP contribution in [0, 0.1) is 0 Å². The Hall–Kier alpha value is -0.980. The van der Waals surface area contributed by atoms with Gasteiger partial charge in [0.1, 0.15) is 0 Å². The molecule has 0 spiro atoms. The molecular formula is C12H13NS. The molecule has 0 bridgehead atoms. The summed E-state index contributed by atoms with van der Waals surface area (Å²) in [4.78, 5) is 1.22. The lowest BCUT2D eigenvalue weighted by molar-refractivity contribution is 0.589. The third kappa shape index (κ3) is 1.77. The largest absolute Gasteiger partial charge is 0.168 e. The first-order valence-corrected chi connectivity index (χ1v) is 5.45. The second-order valence-corrected chi connectivity index (χ2v) is 5.26. The molecular weight excluding hydrogens is 190 g/mol. The summed E-state index contributed by atoms with van der Waals surface area (Å²) in [6.45, 7) is 6.67. The van der Waals surface area contributed by atoms with Gasteiger partial charge in [0.2, 0.25) is 0 Å². The summed E-state index contributed by atoms with van der Waals surface area (Å²) in [5, 5.41) is 0. The number of hydrogen-bond acceptors (Lipinski definition) is 2. The van der Waals surface area contributed by atoms with Crippen molar-refractivity contribution in [3.8, 4) is 0 Å². The van der Waals surface area contributed by atoms with Gasteiger partial charge in [-0.25, -0.2) is 0 Å². The molecule has 1 nitrogen and oxygen atoms in total. The van der Waals surface area contributed by atoms with Crippen molar-refractivity contribution in [1.29, 1.82) is 0 Å². The van der Waals surface area contributed by atoms with Gasteiger partial charge in [-0.2, -0.15) is 4.40 Å². The number of rotatable bonds is 0. The van der Waals surface area contributed by atoms with Crippen LogP contribution in [0.2, 0.25) is 0 Å². The standard InChI is InChI=1S/C12H13NS/c1-12(2,3)10-4-5-11-9(8-10)6-7-13-14-11/h4-6,8H,1-3H3. The monoisotopic (exact) mass is 203 g/mol. The van der Waals surface area contributed by atoms with Crippen molar-refractivity contribution in [3.63, 3.8) is 0 Å². The molecule has 0 unspecified atom stereocenters. The Balaban J connectivity index is 2.50. The zero-order valence-electron chi connectivity index (χ0n) is 8.66. The second-order valence-electron chi connectivity index (χ2n) is 4.46. The molecule has 2 rings (SSSR count). The lowest BCUT2D eigenvalue weighted by Gasteiger charge is -2.20. The molecule has 1 aliphatic heterocycles. The van der Waals surface area contributed by atoms with E-state index in [9.17, 15) is 0 Å². The van der Waals surface area contributed by atoms with Crippen LogP contribution in [0.3, 0.4) is 0 Å². The van der Waals surface area contributed by atoms with Crippen molar-refractivity contribution in [2.75, 3.05) is 0 Å². The van der Waals surface area contributed by atoms with Crippen LogP contribution in [0.5, 0.6) is 0 Å². The summed E-state index contributed by atoms with van der Waals surface area (Å²) in [6.07, 6.45) is 1.95. The quantitative estimate of drug-likeness (QED) is 0.586. The van der Waals surface area contributed by atoms with E-state index in [0.29, 0.717) is 0 Å². The molecule has 72 valence electrons. The molecule has 1 heterocycles. The summed E-state index contributed by atoms with van der Waals surface area (Å²) >= 11 is 1.49. The molecule has 1 aromatic carbocycles. The number of fused-ring (bicyclic) bond motifs is 1. The van der Waals surface area contributed by atoms with E-state index in [1.54, 1.807) is 0 Å². The van der Waals surface area contributed by atoms with Crippen LogP contribution in [0.1, 0.15) is 31.9 Å². The highest BCUT2D eigenvalue weighted by atomic mass is 32.2. The Labute approximate surface area is 89.1 Å². The van der Waals surface area contributed by atoms with E-state index in [0.717, 1.165) is 0 Å². The Morgan fingerprint density at radius 2 is 2.07 bits per heavy atom. The lowest BCUT2D eigenvalue weighted by atomic mass is 9.86. The molecule has 0 radical (unpaired) electrons. The molecule has 0 saturated heterocycles. The Kier molecular flexibility index (Phi) is 2.26. The highest BCUT2D eigenvalue weighted by Gasteiger charge is 2.15. The maximum Gasteiger partial charge on any atom is 0.0392 e. The van der Waals surface area contributed by atoms with Crippen molar-refractivity contribution in [2.24, 2.45) is 4.40 Å². The van der Waals surface area contributed by atoms with Gasteiger partial charge in [-0.05, 0) is 34.5 Å². The van der Waals surface area contributed by atoms with Gasteiger partial charge in [-0.3, -0.25) is 0 Å². The second kappa shape index (κ2) is 3.30. The predicted molar refractivity (Wildman–Crippen MR) is 62.9 cm³/mol. The van der Waals surface area contributed by atoms with Crippen LogP contribution in [-0.4, -0.2) is 5.87 Å². The first kappa shape index (κ1) is 9.57. The SMILES string of the molecule is CC(C)(C)c1ccc2c(c1)C=C=NS2. The van der Waals surface area contributed by atoms with Crippen LogP contribution >= 0.6 is 11.9 Å². The van der Waals surface area contributed by atoms with Crippen molar-refractivity contribution in [1.82, 2.24) is 0 Å². The van der Waals surface area contributed by atoms with E-state index >= 15 is 0 Å². The Morgan fingerprint density at radius 1 is 1.29 bits per heavy atom. The average molecular weight is 203 g/mol. The zero-order chi connectivity index (χ0) is 10.2. The maximum atomic E-state index is 4.02. The minimum Gasteiger partial charge on any atom is -0.168 e. The van der Waals surface area contributed by atoms with E-state index in [2.05, 4.69) is 49.2 Å². The minimum absolute atomic E-state index is 0.210. The van der Waals surface area contributed by atoms with Gasteiger partial charge in [0.15, 0.2) is 0 Å². The number of benzene rings is 1. The molecule has 0 N–H and O–H groups in total. The summed E-state index contributed by atoms with van der Waals surface area (Å²) in [7, 11) is 0. The van der Waals surface area contributed by atoms with E-state index in [-0.39, 0.29) is 5.41 Å². The molecule has 0 aromatic heterocycles. The molecule has 14 heavy (non-hydrogen) atoms. The Bertz CT molecular complexity index is 420. The fraction of sp³-hybridized carbons (Fsp3) is 0.333. The molecule has 0 saturated carbocycles. The summed E-state index contributed by atoms with van der Waals surface area (Å²) in [6, 6.07) is 6.55. The van der Waals surface area contributed by atoms with Crippen molar-refractivity contribution in [3.05, 3.63) is 29.3 Å². The third-order valence-electron chi connectivity index (χ3n) is 2.29. The van der Waals surface area contributed by atoms with E-state index in [1.165, 1.54) is 28.0 Å². The maximum absolute atomic E-state index is 4.02. The molecule has 1 aliphatic rings. The van der Waals surface area contributed by atoms with Gasteiger partial charge < -0.3 is 0 Å². The smallest absolute Gasteiger partial charge is 0.0392 e. The topological polar surface area (TPSA) is 12.4 Å². The van der Waals surface area contributed by atoms with E-state index in [1.807, 2.05) is 6.08 Å². The van der Waals surface area contributed by atoms with Gasteiger partial charge in [0.25, 0.3) is 0 Å². The normalized spacial score (nSPS) is 14.2. The summed E-state index contributed by atoms with van der Waals surface area (Å²) in [5.41, 5.74) is 2.80. The highest BCUT2D eigenvalue weighted by Crippen LogP contribution is 2.31.